The SMILES string of the molecule is N#Cc1ccc(NC(=O)CC2(O)CNC2)cc1. The quantitative estimate of drug-likeness (QED) is 0.694. The fourth-order valence-electron chi connectivity index (χ4n) is 1.67. The van der Waals surface area contributed by atoms with E-state index in [0.29, 0.717) is 24.3 Å². The molecule has 1 heterocycles. The first-order valence-electron chi connectivity index (χ1n) is 5.34. The zero-order valence-corrected chi connectivity index (χ0v) is 9.23. The number of anilines is 1. The highest BCUT2D eigenvalue weighted by atomic mass is 16.3. The van der Waals surface area contributed by atoms with Crippen molar-refractivity contribution in [2.75, 3.05) is 18.4 Å². The highest BCUT2D eigenvalue weighted by Gasteiger charge is 2.36. The molecule has 0 aliphatic carbocycles. The molecule has 1 aliphatic rings. The molecule has 0 atom stereocenters. The monoisotopic (exact) mass is 231 g/mol. The van der Waals surface area contributed by atoms with Crippen LogP contribution in [0.1, 0.15) is 12.0 Å². The summed E-state index contributed by atoms with van der Waals surface area (Å²) in [7, 11) is 0. The minimum atomic E-state index is -0.906. The highest BCUT2D eigenvalue weighted by molar-refractivity contribution is 5.91. The van der Waals surface area contributed by atoms with Crippen LogP contribution in [0.2, 0.25) is 0 Å². The van der Waals surface area contributed by atoms with E-state index >= 15 is 0 Å². The molecule has 0 radical (unpaired) electrons. The number of hydrogen-bond acceptors (Lipinski definition) is 4. The van der Waals surface area contributed by atoms with Crippen LogP contribution in [0.3, 0.4) is 0 Å². The van der Waals surface area contributed by atoms with Crippen molar-refractivity contribution in [1.29, 1.82) is 5.26 Å². The Balaban J connectivity index is 1.91. The largest absolute Gasteiger partial charge is 0.387 e. The van der Waals surface area contributed by atoms with Crippen molar-refractivity contribution in [2.45, 2.75) is 12.0 Å². The topological polar surface area (TPSA) is 85.2 Å². The standard InChI is InChI=1S/C12H13N3O2/c13-6-9-1-3-10(4-2-9)15-11(16)5-12(17)7-14-8-12/h1-4,14,17H,5,7-8H2,(H,15,16). The second-order valence-electron chi connectivity index (χ2n) is 4.24. The number of rotatable bonds is 3. The minimum absolute atomic E-state index is 0.0833. The van der Waals surface area contributed by atoms with E-state index in [9.17, 15) is 9.90 Å². The number of carbonyl (C=O) groups is 1. The van der Waals surface area contributed by atoms with Gasteiger partial charge >= 0.3 is 0 Å². The molecule has 0 spiro atoms. The van der Waals surface area contributed by atoms with E-state index in [1.807, 2.05) is 6.07 Å². The van der Waals surface area contributed by atoms with E-state index in [0.717, 1.165) is 0 Å². The Bertz CT molecular complexity index is 458. The van der Waals surface area contributed by atoms with Crippen LogP contribution >= 0.6 is 0 Å². The van der Waals surface area contributed by atoms with Crippen LogP contribution in [0.25, 0.3) is 0 Å². The Hall–Kier alpha value is -1.90. The van der Waals surface area contributed by atoms with Crippen LogP contribution < -0.4 is 10.6 Å². The van der Waals surface area contributed by atoms with Crippen molar-refractivity contribution in [1.82, 2.24) is 5.32 Å². The number of β-amino-alcohol motifs (C(OH)–C–C–N with tert-alkyl or cyclic N) is 1. The van der Waals surface area contributed by atoms with E-state index in [2.05, 4.69) is 10.6 Å². The van der Waals surface area contributed by atoms with Crippen LogP contribution in [0.5, 0.6) is 0 Å². The normalized spacial score (nSPS) is 16.7. The molecule has 1 fully saturated rings. The fourth-order valence-corrected chi connectivity index (χ4v) is 1.67. The fraction of sp³-hybridized carbons (Fsp3) is 0.333. The lowest BCUT2D eigenvalue weighted by molar-refractivity contribution is -0.123. The van der Waals surface area contributed by atoms with Crippen LogP contribution in [0.15, 0.2) is 24.3 Å². The van der Waals surface area contributed by atoms with E-state index in [-0.39, 0.29) is 12.3 Å². The van der Waals surface area contributed by atoms with Crippen LogP contribution in [0, 0.1) is 11.3 Å². The predicted octanol–water partition coefficient (Wildman–Crippen LogP) is 0.221. The van der Waals surface area contributed by atoms with Gasteiger partial charge < -0.3 is 15.7 Å². The van der Waals surface area contributed by atoms with Gasteiger partial charge in [0.05, 0.1) is 23.7 Å². The highest BCUT2D eigenvalue weighted by Crippen LogP contribution is 2.17. The summed E-state index contributed by atoms with van der Waals surface area (Å²) in [5.41, 5.74) is 0.270. The van der Waals surface area contributed by atoms with E-state index in [4.69, 9.17) is 5.26 Å². The number of aliphatic hydroxyl groups is 1. The maximum absolute atomic E-state index is 11.6. The summed E-state index contributed by atoms with van der Waals surface area (Å²) in [6.07, 6.45) is 0.0833. The second kappa shape index (κ2) is 4.53. The number of hydrogen-bond donors (Lipinski definition) is 3. The van der Waals surface area contributed by atoms with Crippen LogP contribution in [0.4, 0.5) is 5.69 Å². The van der Waals surface area contributed by atoms with Gasteiger partial charge in [0.2, 0.25) is 5.91 Å². The van der Waals surface area contributed by atoms with Crippen molar-refractivity contribution in [3.63, 3.8) is 0 Å². The summed E-state index contributed by atoms with van der Waals surface area (Å²) < 4.78 is 0. The third-order valence-corrected chi connectivity index (χ3v) is 2.70. The Morgan fingerprint density at radius 2 is 2.12 bits per heavy atom. The van der Waals surface area contributed by atoms with Gasteiger partial charge in [-0.05, 0) is 24.3 Å². The molecule has 0 aromatic heterocycles. The van der Waals surface area contributed by atoms with Crippen molar-refractivity contribution in [3.05, 3.63) is 29.8 Å². The number of amides is 1. The van der Waals surface area contributed by atoms with E-state index < -0.39 is 5.60 Å². The van der Waals surface area contributed by atoms with E-state index in [1.165, 1.54) is 0 Å². The molecule has 1 saturated heterocycles. The van der Waals surface area contributed by atoms with Gasteiger partial charge in [0, 0.05) is 18.8 Å². The molecular weight excluding hydrogens is 218 g/mol. The van der Waals surface area contributed by atoms with Gasteiger partial charge in [-0.25, -0.2) is 0 Å². The molecule has 0 saturated carbocycles. The lowest BCUT2D eigenvalue weighted by Crippen LogP contribution is -2.60. The molecule has 1 aromatic rings. The summed E-state index contributed by atoms with van der Waals surface area (Å²) in [6, 6.07) is 8.60. The van der Waals surface area contributed by atoms with Crippen LogP contribution in [-0.2, 0) is 4.79 Å². The molecule has 17 heavy (non-hydrogen) atoms. The summed E-state index contributed by atoms with van der Waals surface area (Å²) in [4.78, 5) is 11.6. The van der Waals surface area contributed by atoms with Gasteiger partial charge in [0.25, 0.3) is 0 Å². The molecule has 3 N–H and O–H groups in total. The van der Waals surface area contributed by atoms with Crippen molar-refractivity contribution < 1.29 is 9.90 Å². The van der Waals surface area contributed by atoms with Crippen molar-refractivity contribution in [2.24, 2.45) is 0 Å². The van der Waals surface area contributed by atoms with Gasteiger partial charge in [0.1, 0.15) is 0 Å². The second-order valence-corrected chi connectivity index (χ2v) is 4.24. The molecule has 88 valence electrons. The molecule has 5 heteroatoms. The number of nitriles is 1. The summed E-state index contributed by atoms with van der Waals surface area (Å²) in [6.45, 7) is 0.904. The Labute approximate surface area is 99.1 Å². The van der Waals surface area contributed by atoms with Gasteiger partial charge in [-0.15, -0.1) is 0 Å². The predicted molar refractivity (Wildman–Crippen MR) is 62.2 cm³/mol. The third kappa shape index (κ3) is 2.81. The molecule has 1 aromatic carbocycles. The van der Waals surface area contributed by atoms with Gasteiger partial charge in [-0.1, -0.05) is 0 Å². The zero-order chi connectivity index (χ0) is 12.3. The molecule has 1 aliphatic heterocycles. The zero-order valence-electron chi connectivity index (χ0n) is 9.23. The Morgan fingerprint density at radius 3 is 2.59 bits per heavy atom. The lowest BCUT2D eigenvalue weighted by atomic mass is 9.93. The lowest BCUT2D eigenvalue weighted by Gasteiger charge is -2.36. The van der Waals surface area contributed by atoms with Crippen LogP contribution in [-0.4, -0.2) is 29.7 Å². The van der Waals surface area contributed by atoms with Gasteiger partial charge in [-0.3, -0.25) is 4.79 Å². The molecular formula is C12H13N3O2. The number of nitrogens with zero attached hydrogens (tertiary/aromatic N) is 1. The average molecular weight is 231 g/mol. The third-order valence-electron chi connectivity index (χ3n) is 2.70. The Morgan fingerprint density at radius 1 is 1.47 bits per heavy atom. The number of benzene rings is 1. The number of carbonyl (C=O) groups excluding carboxylic acids is 1. The summed E-state index contributed by atoms with van der Waals surface area (Å²) >= 11 is 0. The molecule has 1 amide bonds. The first kappa shape index (κ1) is 11.6. The maximum atomic E-state index is 11.6. The molecule has 5 nitrogen and oxygen atoms in total. The summed E-state index contributed by atoms with van der Waals surface area (Å²) in [5.74, 6) is -0.223. The first-order chi connectivity index (χ1) is 8.11. The summed E-state index contributed by atoms with van der Waals surface area (Å²) in [5, 5.41) is 24.0. The van der Waals surface area contributed by atoms with Crippen molar-refractivity contribution in [3.8, 4) is 6.07 Å². The average Bonchev–Trinajstić information content (AvgIpc) is 2.28. The van der Waals surface area contributed by atoms with Gasteiger partial charge in [0.15, 0.2) is 0 Å². The maximum Gasteiger partial charge on any atom is 0.227 e. The smallest absolute Gasteiger partial charge is 0.227 e. The molecule has 0 bridgehead atoms. The number of nitrogens with one attached hydrogen (secondary N) is 2. The molecule has 0 unspecified atom stereocenters. The van der Waals surface area contributed by atoms with E-state index in [1.54, 1.807) is 24.3 Å². The van der Waals surface area contributed by atoms with Gasteiger partial charge in [-0.2, -0.15) is 5.26 Å². The minimum Gasteiger partial charge on any atom is -0.387 e. The Kier molecular flexibility index (Phi) is 3.09. The first-order valence-corrected chi connectivity index (χ1v) is 5.34. The molecule has 2 rings (SSSR count). The van der Waals surface area contributed by atoms with Crippen molar-refractivity contribution >= 4 is 11.6 Å².